The van der Waals surface area contributed by atoms with E-state index < -0.39 is 0 Å². The largest absolute Gasteiger partial charge is 0.353 e. The Morgan fingerprint density at radius 1 is 0.600 bits per heavy atom. The summed E-state index contributed by atoms with van der Waals surface area (Å²) in [4.78, 5) is 0. The predicted molar refractivity (Wildman–Crippen MR) is 134 cm³/mol. The SMILES string of the molecule is C=C/C=C/CCCCCCCC(OCCCCCCCC)OCCCCCCCC. The van der Waals surface area contributed by atoms with Crippen LogP contribution in [-0.2, 0) is 9.47 Å². The van der Waals surface area contributed by atoms with Crippen LogP contribution in [0.2, 0.25) is 0 Å². The van der Waals surface area contributed by atoms with Crippen LogP contribution in [0.5, 0.6) is 0 Å². The van der Waals surface area contributed by atoms with Gasteiger partial charge in [-0.2, -0.15) is 0 Å². The first kappa shape index (κ1) is 29.4. The number of allylic oxidation sites excluding steroid dienone is 3. The molecule has 2 heteroatoms. The van der Waals surface area contributed by atoms with Gasteiger partial charge in [0.15, 0.2) is 6.29 Å². The minimum Gasteiger partial charge on any atom is -0.353 e. The lowest BCUT2D eigenvalue weighted by atomic mass is 10.1. The molecule has 2 nitrogen and oxygen atoms in total. The van der Waals surface area contributed by atoms with Crippen LogP contribution >= 0.6 is 0 Å². The molecule has 0 rings (SSSR count). The third kappa shape index (κ3) is 23.7. The molecular formula is C28H54O2. The van der Waals surface area contributed by atoms with Crippen molar-refractivity contribution in [1.29, 1.82) is 0 Å². The standard InChI is InChI=1S/C28H54O2/c1-4-7-10-13-16-17-18-19-22-25-28(29-26-23-20-14-11-8-5-2)30-27-24-21-15-12-9-6-3/h4,7,10,28H,1,5-6,8-9,11-27H2,2-3H3/b10-7+. The van der Waals surface area contributed by atoms with Gasteiger partial charge in [0, 0.05) is 13.2 Å². The first-order valence-electron chi connectivity index (χ1n) is 13.4. The van der Waals surface area contributed by atoms with Gasteiger partial charge in [-0.25, -0.2) is 0 Å². The van der Waals surface area contributed by atoms with Gasteiger partial charge in [-0.3, -0.25) is 0 Å². The Labute approximate surface area is 189 Å². The molecule has 0 aromatic heterocycles. The molecule has 0 heterocycles. The maximum atomic E-state index is 6.13. The van der Waals surface area contributed by atoms with E-state index in [1.807, 2.05) is 12.2 Å². The third-order valence-corrected chi connectivity index (χ3v) is 5.69. The third-order valence-electron chi connectivity index (χ3n) is 5.69. The fourth-order valence-corrected chi connectivity index (χ4v) is 3.71. The second-order valence-corrected chi connectivity index (χ2v) is 8.72. The molecule has 0 aliphatic carbocycles. The lowest BCUT2D eigenvalue weighted by molar-refractivity contribution is -0.148. The molecule has 0 aliphatic heterocycles. The van der Waals surface area contributed by atoms with Crippen LogP contribution < -0.4 is 0 Å². The molecule has 0 saturated carbocycles. The van der Waals surface area contributed by atoms with Crippen LogP contribution in [0.4, 0.5) is 0 Å². The Hall–Kier alpha value is -0.600. The van der Waals surface area contributed by atoms with Gasteiger partial charge in [0.1, 0.15) is 0 Å². The fraction of sp³-hybridized carbons (Fsp3) is 0.857. The van der Waals surface area contributed by atoms with Crippen LogP contribution in [0, 0.1) is 0 Å². The van der Waals surface area contributed by atoms with Gasteiger partial charge in [0.05, 0.1) is 0 Å². The lowest BCUT2D eigenvalue weighted by Gasteiger charge is -2.19. The Morgan fingerprint density at radius 2 is 1.07 bits per heavy atom. The Morgan fingerprint density at radius 3 is 1.60 bits per heavy atom. The molecule has 0 aromatic rings. The predicted octanol–water partition coefficient (Wildman–Crippen LogP) is 9.54. The van der Waals surface area contributed by atoms with E-state index in [4.69, 9.17) is 9.47 Å². The van der Waals surface area contributed by atoms with Gasteiger partial charge in [0.25, 0.3) is 0 Å². The number of unbranched alkanes of at least 4 members (excludes halogenated alkanes) is 15. The average molecular weight is 423 g/mol. The summed E-state index contributed by atoms with van der Waals surface area (Å²) in [5.74, 6) is 0. The van der Waals surface area contributed by atoms with Crippen LogP contribution in [0.1, 0.15) is 136 Å². The molecule has 0 fully saturated rings. The highest BCUT2D eigenvalue weighted by Gasteiger charge is 2.09. The lowest BCUT2D eigenvalue weighted by Crippen LogP contribution is -2.19. The van der Waals surface area contributed by atoms with E-state index in [1.165, 1.54) is 116 Å². The van der Waals surface area contributed by atoms with Crippen LogP contribution in [0.3, 0.4) is 0 Å². The Balaban J connectivity index is 3.85. The molecule has 178 valence electrons. The van der Waals surface area contributed by atoms with Crippen molar-refractivity contribution in [3.63, 3.8) is 0 Å². The van der Waals surface area contributed by atoms with E-state index in [0.29, 0.717) is 0 Å². The van der Waals surface area contributed by atoms with E-state index in [1.54, 1.807) is 0 Å². The zero-order valence-corrected chi connectivity index (χ0v) is 20.7. The van der Waals surface area contributed by atoms with Gasteiger partial charge in [-0.15, -0.1) is 0 Å². The highest BCUT2D eigenvalue weighted by Crippen LogP contribution is 2.14. The number of hydrogen-bond donors (Lipinski definition) is 0. The first-order chi connectivity index (χ1) is 14.8. The molecule has 0 aliphatic rings. The summed E-state index contributed by atoms with van der Waals surface area (Å²) in [7, 11) is 0. The van der Waals surface area contributed by atoms with E-state index >= 15 is 0 Å². The maximum Gasteiger partial charge on any atom is 0.157 e. The molecular weight excluding hydrogens is 368 g/mol. The summed E-state index contributed by atoms with van der Waals surface area (Å²) in [6, 6.07) is 0. The smallest absolute Gasteiger partial charge is 0.157 e. The van der Waals surface area contributed by atoms with E-state index in [0.717, 1.165) is 19.6 Å². The zero-order valence-electron chi connectivity index (χ0n) is 20.7. The van der Waals surface area contributed by atoms with Gasteiger partial charge < -0.3 is 9.47 Å². The van der Waals surface area contributed by atoms with Crippen molar-refractivity contribution in [2.75, 3.05) is 13.2 Å². The summed E-state index contributed by atoms with van der Waals surface area (Å²) >= 11 is 0. The van der Waals surface area contributed by atoms with Crippen molar-refractivity contribution in [1.82, 2.24) is 0 Å². The summed E-state index contributed by atoms with van der Waals surface area (Å²) in [5, 5.41) is 0. The second kappa shape index (κ2) is 26.4. The molecule has 0 bridgehead atoms. The molecule has 0 radical (unpaired) electrons. The molecule has 0 spiro atoms. The summed E-state index contributed by atoms with van der Waals surface area (Å²) in [5.41, 5.74) is 0. The molecule has 0 amide bonds. The van der Waals surface area contributed by atoms with Gasteiger partial charge in [-0.1, -0.05) is 122 Å². The van der Waals surface area contributed by atoms with Crippen molar-refractivity contribution >= 4 is 0 Å². The average Bonchev–Trinajstić information content (AvgIpc) is 2.76. The molecule has 0 unspecified atom stereocenters. The highest BCUT2D eigenvalue weighted by atomic mass is 16.7. The highest BCUT2D eigenvalue weighted by molar-refractivity contribution is 4.96. The normalized spacial score (nSPS) is 11.7. The molecule has 0 N–H and O–H groups in total. The van der Waals surface area contributed by atoms with Crippen molar-refractivity contribution in [3.05, 3.63) is 24.8 Å². The molecule has 0 aromatic carbocycles. The van der Waals surface area contributed by atoms with Gasteiger partial charge >= 0.3 is 0 Å². The molecule has 30 heavy (non-hydrogen) atoms. The number of rotatable bonds is 25. The van der Waals surface area contributed by atoms with Crippen molar-refractivity contribution in [3.8, 4) is 0 Å². The molecule has 0 saturated heterocycles. The summed E-state index contributed by atoms with van der Waals surface area (Å²) in [6.45, 7) is 9.98. The Kier molecular flexibility index (Phi) is 25.9. The van der Waals surface area contributed by atoms with Crippen LogP contribution in [0.25, 0.3) is 0 Å². The van der Waals surface area contributed by atoms with Crippen LogP contribution in [0.15, 0.2) is 24.8 Å². The first-order valence-corrected chi connectivity index (χ1v) is 13.4. The van der Waals surface area contributed by atoms with E-state index in [-0.39, 0.29) is 6.29 Å². The summed E-state index contributed by atoms with van der Waals surface area (Å²) < 4.78 is 12.3. The minimum absolute atomic E-state index is 0.0202. The molecule has 0 atom stereocenters. The Bertz CT molecular complexity index is 333. The van der Waals surface area contributed by atoms with Gasteiger partial charge in [0.2, 0.25) is 0 Å². The number of ether oxygens (including phenoxy) is 2. The van der Waals surface area contributed by atoms with Gasteiger partial charge in [-0.05, 0) is 38.5 Å². The van der Waals surface area contributed by atoms with Crippen molar-refractivity contribution in [2.45, 2.75) is 142 Å². The van der Waals surface area contributed by atoms with E-state index in [2.05, 4.69) is 26.5 Å². The van der Waals surface area contributed by atoms with Crippen molar-refractivity contribution < 1.29 is 9.47 Å². The zero-order chi connectivity index (χ0) is 22.0. The minimum atomic E-state index is 0.0202. The number of hydrogen-bond acceptors (Lipinski definition) is 2. The monoisotopic (exact) mass is 422 g/mol. The van der Waals surface area contributed by atoms with E-state index in [9.17, 15) is 0 Å². The fourth-order valence-electron chi connectivity index (χ4n) is 3.71. The van der Waals surface area contributed by atoms with Crippen LogP contribution in [-0.4, -0.2) is 19.5 Å². The van der Waals surface area contributed by atoms with Crippen molar-refractivity contribution in [2.24, 2.45) is 0 Å². The quantitative estimate of drug-likeness (QED) is 0.0828. The topological polar surface area (TPSA) is 18.5 Å². The second-order valence-electron chi connectivity index (χ2n) is 8.72. The summed E-state index contributed by atoms with van der Waals surface area (Å²) in [6.07, 6.45) is 30.6. The maximum absolute atomic E-state index is 6.13.